The van der Waals surface area contributed by atoms with Gasteiger partial charge in [0.15, 0.2) is 0 Å². The number of halogens is 1. The van der Waals surface area contributed by atoms with Crippen LogP contribution < -0.4 is 4.90 Å². The van der Waals surface area contributed by atoms with E-state index in [0.717, 1.165) is 13.1 Å². The number of hydrogen-bond acceptors (Lipinski definition) is 3. The van der Waals surface area contributed by atoms with Crippen molar-refractivity contribution in [3.8, 4) is 0 Å². The largest absolute Gasteiger partial charge is 0.392 e. The van der Waals surface area contributed by atoms with Crippen molar-refractivity contribution in [3.05, 3.63) is 29.6 Å². The van der Waals surface area contributed by atoms with Crippen molar-refractivity contribution in [2.24, 2.45) is 0 Å². The first-order valence-electron chi connectivity index (χ1n) is 5.29. The molecule has 1 aromatic rings. The minimum Gasteiger partial charge on any atom is -0.392 e. The van der Waals surface area contributed by atoms with E-state index in [0.29, 0.717) is 11.3 Å². The Balaban J connectivity index is 2.71. The molecule has 0 unspecified atom stereocenters. The molecule has 0 bridgehead atoms. The van der Waals surface area contributed by atoms with Crippen LogP contribution in [0.25, 0.3) is 0 Å². The number of aliphatic hydroxyl groups is 1. The minimum absolute atomic E-state index is 0.126. The van der Waals surface area contributed by atoms with Crippen LogP contribution in [0.5, 0.6) is 0 Å². The fourth-order valence-corrected chi connectivity index (χ4v) is 1.43. The van der Waals surface area contributed by atoms with Gasteiger partial charge in [-0.25, -0.2) is 4.39 Å². The van der Waals surface area contributed by atoms with Crippen molar-refractivity contribution in [1.29, 1.82) is 0 Å². The molecule has 16 heavy (non-hydrogen) atoms. The van der Waals surface area contributed by atoms with Gasteiger partial charge < -0.3 is 14.9 Å². The highest BCUT2D eigenvalue weighted by atomic mass is 19.1. The molecule has 3 nitrogen and oxygen atoms in total. The molecule has 90 valence electrons. The van der Waals surface area contributed by atoms with E-state index in [-0.39, 0.29) is 12.4 Å². The zero-order valence-electron chi connectivity index (χ0n) is 10.1. The standard InChI is InChI=1S/C12H19FN2O/c1-14(2)6-7-15(3)12-5-4-10(9-16)8-11(12)13/h4-5,8,16H,6-7,9H2,1-3H3. The van der Waals surface area contributed by atoms with Crippen LogP contribution in [-0.2, 0) is 6.61 Å². The molecule has 0 saturated carbocycles. The third-order valence-corrected chi connectivity index (χ3v) is 2.49. The van der Waals surface area contributed by atoms with Crippen molar-refractivity contribution >= 4 is 5.69 Å². The number of anilines is 1. The normalized spacial score (nSPS) is 10.9. The van der Waals surface area contributed by atoms with Crippen LogP contribution >= 0.6 is 0 Å². The third kappa shape index (κ3) is 3.47. The smallest absolute Gasteiger partial charge is 0.146 e. The average Bonchev–Trinajstić information content (AvgIpc) is 2.25. The lowest BCUT2D eigenvalue weighted by Crippen LogP contribution is -2.29. The van der Waals surface area contributed by atoms with Crippen LogP contribution in [0.4, 0.5) is 10.1 Å². The molecule has 0 atom stereocenters. The summed E-state index contributed by atoms with van der Waals surface area (Å²) in [5.74, 6) is -0.284. The van der Waals surface area contributed by atoms with Gasteiger partial charge in [-0.05, 0) is 31.8 Å². The van der Waals surface area contributed by atoms with Gasteiger partial charge in [-0.3, -0.25) is 0 Å². The number of aliphatic hydroxyl groups excluding tert-OH is 1. The summed E-state index contributed by atoms with van der Waals surface area (Å²) < 4.78 is 13.6. The monoisotopic (exact) mass is 226 g/mol. The molecular weight excluding hydrogens is 207 g/mol. The van der Waals surface area contributed by atoms with Gasteiger partial charge in [0, 0.05) is 20.1 Å². The number of rotatable bonds is 5. The molecule has 1 aromatic carbocycles. The maximum absolute atomic E-state index is 13.6. The van der Waals surface area contributed by atoms with Gasteiger partial charge in [-0.2, -0.15) is 0 Å². The summed E-state index contributed by atoms with van der Waals surface area (Å²) >= 11 is 0. The Morgan fingerprint density at radius 2 is 1.88 bits per heavy atom. The third-order valence-electron chi connectivity index (χ3n) is 2.49. The summed E-state index contributed by atoms with van der Waals surface area (Å²) in [6, 6.07) is 4.82. The highest BCUT2D eigenvalue weighted by molar-refractivity contribution is 5.48. The zero-order valence-corrected chi connectivity index (χ0v) is 10.1. The quantitative estimate of drug-likeness (QED) is 0.820. The second-order valence-electron chi connectivity index (χ2n) is 4.17. The Kier molecular flexibility index (Phi) is 4.71. The average molecular weight is 226 g/mol. The number of benzene rings is 1. The second kappa shape index (κ2) is 5.82. The fraction of sp³-hybridized carbons (Fsp3) is 0.500. The minimum atomic E-state index is -0.284. The van der Waals surface area contributed by atoms with Crippen LogP contribution in [0, 0.1) is 5.82 Å². The summed E-state index contributed by atoms with van der Waals surface area (Å²) in [7, 11) is 5.83. The van der Waals surface area contributed by atoms with Crippen molar-refractivity contribution in [3.63, 3.8) is 0 Å². The molecule has 0 aliphatic carbocycles. The molecule has 1 rings (SSSR count). The van der Waals surface area contributed by atoms with Gasteiger partial charge in [0.05, 0.1) is 12.3 Å². The molecule has 4 heteroatoms. The van der Waals surface area contributed by atoms with Crippen LogP contribution in [0.15, 0.2) is 18.2 Å². The molecule has 0 fully saturated rings. The molecule has 0 aromatic heterocycles. The van der Waals surface area contributed by atoms with Gasteiger partial charge in [-0.15, -0.1) is 0 Å². The van der Waals surface area contributed by atoms with Gasteiger partial charge in [0.2, 0.25) is 0 Å². The Morgan fingerprint density at radius 3 is 2.38 bits per heavy atom. The highest BCUT2D eigenvalue weighted by Crippen LogP contribution is 2.19. The highest BCUT2D eigenvalue weighted by Gasteiger charge is 2.08. The van der Waals surface area contributed by atoms with E-state index >= 15 is 0 Å². The zero-order chi connectivity index (χ0) is 12.1. The Morgan fingerprint density at radius 1 is 1.19 bits per heavy atom. The topological polar surface area (TPSA) is 26.7 Å². The maximum atomic E-state index is 13.6. The maximum Gasteiger partial charge on any atom is 0.146 e. The number of nitrogens with zero attached hydrogens (tertiary/aromatic N) is 2. The van der Waals surface area contributed by atoms with E-state index in [1.54, 1.807) is 12.1 Å². The molecule has 0 heterocycles. The van der Waals surface area contributed by atoms with Crippen molar-refractivity contribution < 1.29 is 9.50 Å². The predicted octanol–water partition coefficient (Wildman–Crippen LogP) is 1.32. The van der Waals surface area contributed by atoms with E-state index in [1.165, 1.54) is 6.07 Å². The van der Waals surface area contributed by atoms with E-state index in [1.807, 2.05) is 26.0 Å². The molecule has 0 saturated heterocycles. The van der Waals surface area contributed by atoms with E-state index in [2.05, 4.69) is 4.90 Å². The number of likely N-dealkylation sites (N-methyl/N-ethyl adjacent to an activating group) is 2. The molecule has 0 radical (unpaired) electrons. The van der Waals surface area contributed by atoms with Crippen molar-refractivity contribution in [2.45, 2.75) is 6.61 Å². The first kappa shape index (κ1) is 12.9. The SMILES string of the molecule is CN(C)CCN(C)c1ccc(CO)cc1F. The van der Waals surface area contributed by atoms with Gasteiger partial charge >= 0.3 is 0 Å². The number of hydrogen-bond donors (Lipinski definition) is 1. The molecule has 0 aliphatic heterocycles. The van der Waals surface area contributed by atoms with Crippen LogP contribution in [-0.4, -0.2) is 44.2 Å². The molecule has 0 aliphatic rings. The van der Waals surface area contributed by atoms with Gasteiger partial charge in [-0.1, -0.05) is 6.07 Å². The second-order valence-corrected chi connectivity index (χ2v) is 4.17. The lowest BCUT2D eigenvalue weighted by molar-refractivity contribution is 0.281. The summed E-state index contributed by atoms with van der Waals surface area (Å²) in [5, 5.41) is 8.88. The van der Waals surface area contributed by atoms with Crippen molar-refractivity contribution in [1.82, 2.24) is 4.90 Å². The summed E-state index contributed by atoms with van der Waals surface area (Å²) in [6.45, 7) is 1.51. The van der Waals surface area contributed by atoms with E-state index in [9.17, 15) is 4.39 Å². The van der Waals surface area contributed by atoms with E-state index in [4.69, 9.17) is 5.11 Å². The molecule has 1 N–H and O–H groups in total. The molecule has 0 spiro atoms. The fourth-order valence-electron chi connectivity index (χ4n) is 1.43. The van der Waals surface area contributed by atoms with E-state index < -0.39 is 0 Å². The summed E-state index contributed by atoms with van der Waals surface area (Å²) in [6.07, 6.45) is 0. The first-order valence-corrected chi connectivity index (χ1v) is 5.29. The van der Waals surface area contributed by atoms with Gasteiger partial charge in [0.1, 0.15) is 5.82 Å². The Labute approximate surface area is 96.1 Å². The summed E-state index contributed by atoms with van der Waals surface area (Å²) in [5.41, 5.74) is 1.17. The lowest BCUT2D eigenvalue weighted by atomic mass is 10.2. The lowest BCUT2D eigenvalue weighted by Gasteiger charge is -2.22. The van der Waals surface area contributed by atoms with Crippen molar-refractivity contribution in [2.75, 3.05) is 39.1 Å². The predicted molar refractivity (Wildman–Crippen MR) is 64.1 cm³/mol. The molecule has 0 amide bonds. The van der Waals surface area contributed by atoms with Gasteiger partial charge in [0.25, 0.3) is 0 Å². The van der Waals surface area contributed by atoms with Crippen LogP contribution in [0.1, 0.15) is 5.56 Å². The van der Waals surface area contributed by atoms with Crippen LogP contribution in [0.2, 0.25) is 0 Å². The van der Waals surface area contributed by atoms with Crippen LogP contribution in [0.3, 0.4) is 0 Å². The Bertz CT molecular complexity index is 342. The first-order chi connectivity index (χ1) is 7.54. The summed E-state index contributed by atoms with van der Waals surface area (Å²) in [4.78, 5) is 3.92. The Hall–Kier alpha value is -1.13. The molecular formula is C12H19FN2O.